The van der Waals surface area contributed by atoms with Crippen molar-refractivity contribution in [2.45, 2.75) is 37.8 Å². The van der Waals surface area contributed by atoms with E-state index in [0.717, 1.165) is 51.6 Å². The zero-order valence-corrected chi connectivity index (χ0v) is 16.6. The number of benzene rings is 1. The summed E-state index contributed by atoms with van der Waals surface area (Å²) < 4.78 is 0.973. The van der Waals surface area contributed by atoms with Crippen LogP contribution < -0.4 is 11.1 Å². The van der Waals surface area contributed by atoms with Crippen LogP contribution in [0.2, 0.25) is 0 Å². The number of hydrogen-bond acceptors (Lipinski definition) is 5. The van der Waals surface area contributed by atoms with Crippen molar-refractivity contribution >= 4 is 49.6 Å². The van der Waals surface area contributed by atoms with Gasteiger partial charge in [-0.05, 0) is 55.3 Å². The third-order valence-electron chi connectivity index (χ3n) is 4.94. The Hall–Kier alpha value is -1.76. The van der Waals surface area contributed by atoms with Crippen molar-refractivity contribution in [3.05, 3.63) is 56.8 Å². The number of aromatic nitrogens is 1. The maximum absolute atomic E-state index is 13.0. The fourth-order valence-corrected chi connectivity index (χ4v) is 4.54. The van der Waals surface area contributed by atoms with Gasteiger partial charge < -0.3 is 11.1 Å². The predicted molar refractivity (Wildman–Crippen MR) is 111 cm³/mol. The quantitative estimate of drug-likeness (QED) is 0.574. The first kappa shape index (κ1) is 17.6. The average Bonchev–Trinajstić information content (AvgIpc) is 3.18. The van der Waals surface area contributed by atoms with Gasteiger partial charge in [-0.15, -0.1) is 11.3 Å². The zero-order chi connectivity index (χ0) is 18.1. The zero-order valence-electron chi connectivity index (χ0n) is 14.2. The maximum Gasteiger partial charge on any atom is 0.206 e. The molecule has 26 heavy (non-hydrogen) atoms. The molecule has 4 nitrogen and oxygen atoms in total. The van der Waals surface area contributed by atoms with Crippen LogP contribution in [0.25, 0.3) is 10.9 Å². The molecular formula is C20H20BrN3OS. The highest BCUT2D eigenvalue weighted by Crippen LogP contribution is 2.33. The molecule has 3 N–H and O–H groups in total. The van der Waals surface area contributed by atoms with E-state index in [0.29, 0.717) is 17.6 Å². The van der Waals surface area contributed by atoms with Gasteiger partial charge in [-0.2, -0.15) is 0 Å². The van der Waals surface area contributed by atoms with Gasteiger partial charge in [0.05, 0.1) is 21.6 Å². The molecule has 0 spiro atoms. The maximum atomic E-state index is 13.0. The molecule has 1 aromatic carbocycles. The normalized spacial score (nSPS) is 20.2. The molecule has 6 heteroatoms. The van der Waals surface area contributed by atoms with Crippen LogP contribution >= 0.6 is 27.3 Å². The van der Waals surface area contributed by atoms with Crippen LogP contribution in [-0.4, -0.2) is 22.9 Å². The van der Waals surface area contributed by atoms with Crippen molar-refractivity contribution in [2.75, 3.05) is 5.32 Å². The van der Waals surface area contributed by atoms with Crippen LogP contribution in [0.15, 0.2) is 46.4 Å². The highest BCUT2D eigenvalue weighted by atomic mass is 79.9. The van der Waals surface area contributed by atoms with Crippen molar-refractivity contribution in [2.24, 2.45) is 5.73 Å². The van der Waals surface area contributed by atoms with Gasteiger partial charge >= 0.3 is 0 Å². The molecule has 1 aliphatic carbocycles. The largest absolute Gasteiger partial charge is 0.381 e. The fourth-order valence-electron chi connectivity index (χ4n) is 3.50. The van der Waals surface area contributed by atoms with E-state index >= 15 is 0 Å². The fraction of sp³-hybridized carbons (Fsp3) is 0.300. The number of nitrogens with one attached hydrogen (secondary N) is 1. The van der Waals surface area contributed by atoms with Crippen molar-refractivity contribution < 1.29 is 4.79 Å². The first-order valence-electron chi connectivity index (χ1n) is 8.80. The van der Waals surface area contributed by atoms with Crippen molar-refractivity contribution in [1.29, 1.82) is 0 Å². The lowest BCUT2D eigenvalue weighted by Crippen LogP contribution is -2.33. The number of fused-ring (bicyclic) bond motifs is 1. The monoisotopic (exact) mass is 429 g/mol. The summed E-state index contributed by atoms with van der Waals surface area (Å²) in [5.41, 5.74) is 8.44. The van der Waals surface area contributed by atoms with Crippen LogP contribution in [0.4, 0.5) is 5.69 Å². The number of halogens is 1. The molecule has 0 radical (unpaired) electrons. The van der Waals surface area contributed by atoms with Crippen LogP contribution in [0.5, 0.6) is 0 Å². The molecule has 1 fully saturated rings. The Morgan fingerprint density at radius 2 is 2.04 bits per heavy atom. The van der Waals surface area contributed by atoms with E-state index in [1.807, 2.05) is 35.7 Å². The summed E-state index contributed by atoms with van der Waals surface area (Å²) in [6.45, 7) is 0. The summed E-state index contributed by atoms with van der Waals surface area (Å²) in [5, 5.41) is 6.54. The number of anilines is 1. The van der Waals surface area contributed by atoms with E-state index in [4.69, 9.17) is 5.73 Å². The number of thiophene rings is 1. The lowest BCUT2D eigenvalue weighted by Gasteiger charge is -2.28. The minimum absolute atomic E-state index is 0.0180. The van der Waals surface area contributed by atoms with E-state index in [1.54, 1.807) is 6.20 Å². The number of nitrogens with zero attached hydrogens (tertiary/aromatic N) is 1. The second-order valence-electron chi connectivity index (χ2n) is 6.77. The Balaban J connectivity index is 1.79. The molecule has 4 rings (SSSR count). The first-order valence-corrected chi connectivity index (χ1v) is 10.5. The van der Waals surface area contributed by atoms with E-state index in [1.165, 1.54) is 11.3 Å². The summed E-state index contributed by atoms with van der Waals surface area (Å²) in [6, 6.07) is 10.4. The van der Waals surface area contributed by atoms with Crippen molar-refractivity contribution in [3.8, 4) is 0 Å². The number of rotatable bonds is 4. The molecule has 1 saturated carbocycles. The van der Waals surface area contributed by atoms with Gasteiger partial charge in [0.1, 0.15) is 0 Å². The Labute approximate surface area is 164 Å². The van der Waals surface area contributed by atoms with Crippen LogP contribution in [0.3, 0.4) is 0 Å². The number of carbonyl (C=O) groups excluding carboxylic acids is 1. The molecule has 0 unspecified atom stereocenters. The van der Waals surface area contributed by atoms with Gasteiger partial charge in [0.2, 0.25) is 5.78 Å². The first-order chi connectivity index (χ1) is 12.6. The summed E-state index contributed by atoms with van der Waals surface area (Å²) in [7, 11) is 0. The Morgan fingerprint density at radius 1 is 1.23 bits per heavy atom. The van der Waals surface area contributed by atoms with Crippen LogP contribution in [-0.2, 0) is 0 Å². The molecule has 134 valence electrons. The minimum atomic E-state index is 0.0180. The lowest BCUT2D eigenvalue weighted by molar-refractivity contribution is 0.104. The third kappa shape index (κ3) is 3.54. The van der Waals surface area contributed by atoms with Crippen LogP contribution in [0.1, 0.15) is 40.9 Å². The third-order valence-corrected chi connectivity index (χ3v) is 6.30. The number of carbonyl (C=O) groups is 1. The van der Waals surface area contributed by atoms with E-state index in [9.17, 15) is 4.79 Å². The Morgan fingerprint density at radius 3 is 2.77 bits per heavy atom. The smallest absolute Gasteiger partial charge is 0.206 e. The molecule has 0 amide bonds. The summed E-state index contributed by atoms with van der Waals surface area (Å²) in [5.74, 6) is 0.0180. The highest BCUT2D eigenvalue weighted by Gasteiger charge is 2.23. The second-order valence-corrected chi connectivity index (χ2v) is 8.63. The van der Waals surface area contributed by atoms with Gasteiger partial charge in [0.15, 0.2) is 0 Å². The number of pyridine rings is 1. The minimum Gasteiger partial charge on any atom is -0.381 e. The van der Waals surface area contributed by atoms with Crippen molar-refractivity contribution in [1.82, 2.24) is 4.98 Å². The molecule has 2 heterocycles. The molecule has 1 aliphatic rings. The standard InChI is InChI=1S/C20H20BrN3OS/c21-12-3-8-17-15(10-12)19(24-14-6-4-13(22)5-7-14)16(11-23-17)20(25)18-2-1-9-26-18/h1-3,8-11,13-14H,4-7,22H2,(H,23,24). The molecule has 0 aliphatic heterocycles. The topological polar surface area (TPSA) is 68.0 Å². The molecular weight excluding hydrogens is 410 g/mol. The van der Waals surface area contributed by atoms with E-state index in [-0.39, 0.29) is 5.78 Å². The SMILES string of the molecule is NC1CCC(Nc2c(C(=O)c3cccs3)cnc3ccc(Br)cc23)CC1. The molecule has 2 aromatic heterocycles. The number of ketones is 1. The number of hydrogen-bond donors (Lipinski definition) is 2. The van der Waals surface area contributed by atoms with Gasteiger partial charge in [-0.25, -0.2) is 0 Å². The van der Waals surface area contributed by atoms with E-state index in [2.05, 4.69) is 26.2 Å². The van der Waals surface area contributed by atoms with Gasteiger partial charge in [0, 0.05) is 28.1 Å². The molecule has 0 atom stereocenters. The molecule has 3 aromatic rings. The van der Waals surface area contributed by atoms with Gasteiger partial charge in [-0.1, -0.05) is 22.0 Å². The Bertz CT molecular complexity index is 934. The van der Waals surface area contributed by atoms with E-state index < -0.39 is 0 Å². The predicted octanol–water partition coefficient (Wildman–Crippen LogP) is 4.97. The lowest BCUT2D eigenvalue weighted by atomic mass is 9.91. The van der Waals surface area contributed by atoms with Crippen molar-refractivity contribution in [3.63, 3.8) is 0 Å². The Kier molecular flexibility index (Phi) is 5.07. The number of nitrogens with two attached hydrogens (primary N) is 1. The van der Waals surface area contributed by atoms with Gasteiger partial charge in [-0.3, -0.25) is 9.78 Å². The average molecular weight is 430 g/mol. The van der Waals surface area contributed by atoms with Crippen LogP contribution in [0, 0.1) is 0 Å². The highest BCUT2D eigenvalue weighted by molar-refractivity contribution is 9.10. The molecule has 0 saturated heterocycles. The summed E-state index contributed by atoms with van der Waals surface area (Å²) in [6.07, 6.45) is 5.77. The second kappa shape index (κ2) is 7.47. The summed E-state index contributed by atoms with van der Waals surface area (Å²) in [4.78, 5) is 18.3. The molecule has 0 bridgehead atoms. The van der Waals surface area contributed by atoms with Gasteiger partial charge in [0.25, 0.3) is 0 Å². The summed E-state index contributed by atoms with van der Waals surface area (Å²) >= 11 is 5.00.